The Morgan fingerprint density at radius 1 is 1.47 bits per heavy atom. The summed E-state index contributed by atoms with van der Waals surface area (Å²) in [5.74, 6) is 1.01. The highest BCUT2D eigenvalue weighted by Crippen LogP contribution is 2.29. The number of nitrogens with one attached hydrogen (secondary N) is 1. The molecule has 17 heavy (non-hydrogen) atoms. The van der Waals surface area contributed by atoms with Gasteiger partial charge in [0.25, 0.3) is 0 Å². The molecule has 2 aromatic rings. The van der Waals surface area contributed by atoms with Gasteiger partial charge in [0.05, 0.1) is 17.3 Å². The average Bonchev–Trinajstić information content (AvgIpc) is 2.88. The minimum Gasteiger partial charge on any atom is -0.467 e. The third-order valence-corrected chi connectivity index (χ3v) is 4.16. The van der Waals surface area contributed by atoms with Crippen molar-refractivity contribution in [3.8, 4) is 0 Å². The summed E-state index contributed by atoms with van der Waals surface area (Å²) in [4.78, 5) is 1.20. The van der Waals surface area contributed by atoms with E-state index < -0.39 is 0 Å². The Kier molecular flexibility index (Phi) is 4.26. The van der Waals surface area contributed by atoms with Gasteiger partial charge in [-0.3, -0.25) is 0 Å². The molecule has 0 aromatic carbocycles. The number of aryl methyl sites for hydroxylation is 1. The van der Waals surface area contributed by atoms with Crippen LogP contribution in [0.3, 0.4) is 0 Å². The van der Waals surface area contributed by atoms with Crippen molar-refractivity contribution >= 4 is 22.9 Å². The molecular weight excluding hydrogens is 254 g/mol. The van der Waals surface area contributed by atoms with Crippen LogP contribution in [0.1, 0.15) is 29.2 Å². The van der Waals surface area contributed by atoms with Gasteiger partial charge in [0, 0.05) is 11.3 Å². The zero-order valence-electron chi connectivity index (χ0n) is 10.00. The number of halogens is 1. The van der Waals surface area contributed by atoms with E-state index in [1.807, 2.05) is 17.5 Å². The van der Waals surface area contributed by atoms with E-state index >= 15 is 0 Å². The van der Waals surface area contributed by atoms with Crippen molar-refractivity contribution in [2.45, 2.75) is 26.3 Å². The Balaban J connectivity index is 2.19. The summed E-state index contributed by atoms with van der Waals surface area (Å²) >= 11 is 7.83. The third-order valence-electron chi connectivity index (χ3n) is 2.75. The fraction of sp³-hybridized carbons (Fsp3) is 0.385. The number of rotatable bonds is 5. The molecule has 92 valence electrons. The lowest BCUT2D eigenvalue weighted by Gasteiger charge is -2.16. The first kappa shape index (κ1) is 12.7. The second-order valence-electron chi connectivity index (χ2n) is 3.97. The molecule has 0 aliphatic rings. The standard InChI is InChI=1S/C13H16ClNOS/c1-3-15-11(13-9(2)4-6-16-13)8-12-10(14)5-7-17-12/h4-7,11,15H,3,8H2,1-2H3. The Morgan fingerprint density at radius 2 is 2.29 bits per heavy atom. The van der Waals surface area contributed by atoms with E-state index in [9.17, 15) is 0 Å². The van der Waals surface area contributed by atoms with Gasteiger partial charge in [0.2, 0.25) is 0 Å². The molecule has 1 N–H and O–H groups in total. The van der Waals surface area contributed by atoms with E-state index in [1.165, 1.54) is 10.4 Å². The Labute approximate surface area is 111 Å². The highest BCUT2D eigenvalue weighted by atomic mass is 35.5. The summed E-state index contributed by atoms with van der Waals surface area (Å²) in [5, 5.41) is 6.32. The monoisotopic (exact) mass is 269 g/mol. The summed E-state index contributed by atoms with van der Waals surface area (Å²) in [6.07, 6.45) is 2.61. The summed E-state index contributed by atoms with van der Waals surface area (Å²) in [6, 6.07) is 4.14. The van der Waals surface area contributed by atoms with Gasteiger partial charge in [-0.25, -0.2) is 0 Å². The van der Waals surface area contributed by atoms with Crippen molar-refractivity contribution < 1.29 is 4.42 Å². The Bertz CT molecular complexity index is 477. The molecule has 1 atom stereocenters. The lowest BCUT2D eigenvalue weighted by molar-refractivity contribution is 0.415. The van der Waals surface area contributed by atoms with Gasteiger partial charge < -0.3 is 9.73 Å². The van der Waals surface area contributed by atoms with Crippen LogP contribution in [-0.2, 0) is 6.42 Å². The lowest BCUT2D eigenvalue weighted by atomic mass is 10.1. The fourth-order valence-corrected chi connectivity index (χ4v) is 3.06. The molecule has 0 spiro atoms. The van der Waals surface area contributed by atoms with Gasteiger partial charge in [-0.15, -0.1) is 11.3 Å². The summed E-state index contributed by atoms with van der Waals surface area (Å²) in [7, 11) is 0. The first-order valence-electron chi connectivity index (χ1n) is 5.71. The zero-order chi connectivity index (χ0) is 12.3. The smallest absolute Gasteiger partial charge is 0.123 e. The second kappa shape index (κ2) is 5.71. The van der Waals surface area contributed by atoms with Crippen LogP contribution in [0.15, 0.2) is 28.2 Å². The van der Waals surface area contributed by atoms with E-state index in [0.717, 1.165) is 23.7 Å². The van der Waals surface area contributed by atoms with E-state index in [0.29, 0.717) is 0 Å². The molecule has 2 aromatic heterocycles. The Morgan fingerprint density at radius 3 is 2.82 bits per heavy atom. The maximum Gasteiger partial charge on any atom is 0.123 e. The molecule has 4 heteroatoms. The molecule has 2 heterocycles. The van der Waals surface area contributed by atoms with Crippen molar-refractivity contribution in [3.05, 3.63) is 45.0 Å². The van der Waals surface area contributed by atoms with E-state index in [1.54, 1.807) is 17.6 Å². The first-order chi connectivity index (χ1) is 8.22. The zero-order valence-corrected chi connectivity index (χ0v) is 11.6. The van der Waals surface area contributed by atoms with Crippen molar-refractivity contribution in [2.24, 2.45) is 0 Å². The van der Waals surface area contributed by atoms with Gasteiger partial charge in [-0.2, -0.15) is 0 Å². The van der Waals surface area contributed by atoms with Crippen molar-refractivity contribution in [1.82, 2.24) is 5.32 Å². The van der Waals surface area contributed by atoms with Crippen molar-refractivity contribution in [2.75, 3.05) is 6.54 Å². The van der Waals surface area contributed by atoms with Crippen LogP contribution in [0.4, 0.5) is 0 Å². The minimum atomic E-state index is 0.200. The molecule has 0 radical (unpaired) electrons. The van der Waals surface area contributed by atoms with Crippen LogP contribution in [0.5, 0.6) is 0 Å². The van der Waals surface area contributed by atoms with Crippen LogP contribution < -0.4 is 5.32 Å². The predicted octanol–water partition coefficient (Wildman–Crippen LogP) is 4.20. The number of hydrogen-bond acceptors (Lipinski definition) is 3. The van der Waals surface area contributed by atoms with Crippen LogP contribution in [0.25, 0.3) is 0 Å². The number of furan rings is 1. The maximum absolute atomic E-state index is 6.14. The topological polar surface area (TPSA) is 25.2 Å². The number of likely N-dealkylation sites (N-methyl/N-ethyl adjacent to an activating group) is 1. The summed E-state index contributed by atoms with van der Waals surface area (Å²) in [6.45, 7) is 5.08. The molecule has 0 aliphatic heterocycles. The van der Waals surface area contributed by atoms with Crippen molar-refractivity contribution in [1.29, 1.82) is 0 Å². The summed E-state index contributed by atoms with van der Waals surface area (Å²) in [5.41, 5.74) is 1.18. The van der Waals surface area contributed by atoms with Gasteiger partial charge in [0.1, 0.15) is 5.76 Å². The van der Waals surface area contributed by atoms with Gasteiger partial charge >= 0.3 is 0 Å². The highest BCUT2D eigenvalue weighted by Gasteiger charge is 2.18. The fourth-order valence-electron chi connectivity index (χ4n) is 1.90. The quantitative estimate of drug-likeness (QED) is 0.880. The molecule has 2 rings (SSSR count). The van der Waals surface area contributed by atoms with Crippen LogP contribution in [-0.4, -0.2) is 6.54 Å². The normalized spacial score (nSPS) is 12.9. The largest absolute Gasteiger partial charge is 0.467 e. The first-order valence-corrected chi connectivity index (χ1v) is 6.97. The van der Waals surface area contributed by atoms with E-state index in [4.69, 9.17) is 16.0 Å². The lowest BCUT2D eigenvalue weighted by Crippen LogP contribution is -2.22. The van der Waals surface area contributed by atoms with Crippen LogP contribution >= 0.6 is 22.9 Å². The van der Waals surface area contributed by atoms with Gasteiger partial charge in [-0.05, 0) is 36.5 Å². The van der Waals surface area contributed by atoms with Gasteiger partial charge in [0.15, 0.2) is 0 Å². The Hall–Kier alpha value is -0.770. The molecule has 0 aliphatic carbocycles. The third kappa shape index (κ3) is 2.92. The highest BCUT2D eigenvalue weighted by molar-refractivity contribution is 7.10. The predicted molar refractivity (Wildman–Crippen MR) is 72.9 cm³/mol. The van der Waals surface area contributed by atoms with Crippen LogP contribution in [0.2, 0.25) is 5.02 Å². The SMILES string of the molecule is CCNC(Cc1sccc1Cl)c1occc1C. The van der Waals surface area contributed by atoms with E-state index in [2.05, 4.69) is 19.2 Å². The molecule has 2 nitrogen and oxygen atoms in total. The van der Waals surface area contributed by atoms with Crippen molar-refractivity contribution in [3.63, 3.8) is 0 Å². The van der Waals surface area contributed by atoms with Gasteiger partial charge in [-0.1, -0.05) is 18.5 Å². The van der Waals surface area contributed by atoms with E-state index in [-0.39, 0.29) is 6.04 Å². The molecule has 0 saturated heterocycles. The molecule has 0 bridgehead atoms. The molecule has 1 unspecified atom stereocenters. The maximum atomic E-state index is 6.14. The second-order valence-corrected chi connectivity index (χ2v) is 5.38. The molecule has 0 amide bonds. The molecular formula is C13H16ClNOS. The summed E-state index contributed by atoms with van der Waals surface area (Å²) < 4.78 is 5.57. The van der Waals surface area contributed by atoms with Crippen LogP contribution in [0, 0.1) is 6.92 Å². The minimum absolute atomic E-state index is 0.200. The molecule has 0 fully saturated rings. The average molecular weight is 270 g/mol. The number of thiophene rings is 1. The molecule has 0 saturated carbocycles. The number of hydrogen-bond donors (Lipinski definition) is 1.